The molecule has 0 radical (unpaired) electrons. The first-order valence-electron chi connectivity index (χ1n) is 4.72. The van der Waals surface area contributed by atoms with Crippen LogP contribution in [0.1, 0.15) is 24.6 Å². The zero-order valence-electron chi connectivity index (χ0n) is 8.02. The summed E-state index contributed by atoms with van der Waals surface area (Å²) in [6.07, 6.45) is 5.02. The predicted octanol–water partition coefficient (Wildman–Crippen LogP) is 2.52. The van der Waals surface area contributed by atoms with Crippen LogP contribution in [-0.2, 0) is 4.65 Å². The van der Waals surface area contributed by atoms with Gasteiger partial charge in [0.05, 0.1) is 0 Å². The van der Waals surface area contributed by atoms with E-state index in [2.05, 4.69) is 4.98 Å². The molecule has 1 aliphatic rings. The van der Waals surface area contributed by atoms with E-state index in [0.717, 1.165) is 18.5 Å². The van der Waals surface area contributed by atoms with Gasteiger partial charge in [-0.3, -0.25) is 0 Å². The van der Waals surface area contributed by atoms with E-state index in [1.54, 1.807) is 12.3 Å². The van der Waals surface area contributed by atoms with Gasteiger partial charge in [-0.25, -0.2) is 0 Å². The summed E-state index contributed by atoms with van der Waals surface area (Å²) in [5.41, 5.74) is 6.86. The van der Waals surface area contributed by atoms with Gasteiger partial charge in [0.2, 0.25) is 0 Å². The number of nitrogens with zero attached hydrogens (tertiary/aromatic N) is 1. The number of aromatic nitrogens is 1. The quantitative estimate of drug-likeness (QED) is 0.822. The van der Waals surface area contributed by atoms with E-state index in [9.17, 15) is 0 Å². The van der Waals surface area contributed by atoms with Crippen LogP contribution in [0.25, 0.3) is 0 Å². The van der Waals surface area contributed by atoms with Gasteiger partial charge in [0.15, 0.2) is 0 Å². The van der Waals surface area contributed by atoms with Crippen LogP contribution in [0.3, 0.4) is 0 Å². The van der Waals surface area contributed by atoms with Crippen LogP contribution in [-0.4, -0.2) is 11.3 Å². The van der Waals surface area contributed by atoms with E-state index < -0.39 is 0 Å². The van der Waals surface area contributed by atoms with Gasteiger partial charge >= 0.3 is 98.9 Å². The predicted molar refractivity (Wildman–Crippen MR) is 63.6 cm³/mol. The molecule has 15 heavy (non-hydrogen) atoms. The van der Waals surface area contributed by atoms with E-state index in [1.165, 1.54) is 6.36 Å². The molecule has 1 aromatic rings. The maximum atomic E-state index is 6.06. The molecule has 1 heterocycles. The SMILES string of the molecule is Nc1cnc(C(OB=S)C2CC2)c(Cl)c1. The molecule has 3 nitrogen and oxygen atoms in total. The Balaban J connectivity index is 2.28. The first-order chi connectivity index (χ1) is 7.22. The molecule has 0 aromatic carbocycles. The Morgan fingerprint density at radius 1 is 1.67 bits per heavy atom. The normalized spacial score (nSPS) is 16.9. The number of nitrogens with two attached hydrogens (primary N) is 1. The van der Waals surface area contributed by atoms with Crippen LogP contribution >= 0.6 is 23.7 Å². The van der Waals surface area contributed by atoms with Gasteiger partial charge in [0, 0.05) is 0 Å². The summed E-state index contributed by atoms with van der Waals surface area (Å²) in [4.78, 5) is 4.21. The first-order valence-corrected chi connectivity index (χ1v) is 5.57. The summed E-state index contributed by atoms with van der Waals surface area (Å²) in [6, 6.07) is 1.69. The molecule has 0 spiro atoms. The van der Waals surface area contributed by atoms with Crippen LogP contribution < -0.4 is 5.73 Å². The third kappa shape index (κ3) is 2.47. The van der Waals surface area contributed by atoms with E-state index in [4.69, 9.17) is 34.0 Å². The number of pyridine rings is 1. The minimum atomic E-state index is -0.115. The second-order valence-corrected chi connectivity index (χ2v) is 4.23. The molecule has 0 saturated heterocycles. The Morgan fingerprint density at radius 3 is 2.93 bits per heavy atom. The summed E-state index contributed by atoms with van der Waals surface area (Å²) in [5, 5.41) is 0.545. The number of rotatable bonds is 4. The molecule has 78 valence electrons. The van der Waals surface area contributed by atoms with Crippen LogP contribution in [0.15, 0.2) is 12.3 Å². The molecule has 1 atom stereocenters. The molecular weight excluding hydrogens is 230 g/mol. The summed E-state index contributed by atoms with van der Waals surface area (Å²) in [7, 11) is 0. The number of anilines is 1. The molecule has 0 bridgehead atoms. The standard InChI is InChI=1S/C9H10BClN2OS/c11-7-3-6(12)4-13-8(7)9(14-10-15)5-1-2-5/h3-5,9H,1-2,12H2. The van der Waals surface area contributed by atoms with Crippen molar-refractivity contribution < 1.29 is 4.65 Å². The first kappa shape index (κ1) is 10.8. The second-order valence-electron chi connectivity index (χ2n) is 3.63. The molecule has 6 heteroatoms. The molecule has 1 fully saturated rings. The van der Waals surface area contributed by atoms with Crippen molar-refractivity contribution in [2.75, 3.05) is 5.73 Å². The van der Waals surface area contributed by atoms with Gasteiger partial charge in [-0.2, -0.15) is 0 Å². The maximum absolute atomic E-state index is 6.06. The molecule has 1 aromatic heterocycles. The number of hydrogen-bond donors (Lipinski definition) is 1. The van der Waals surface area contributed by atoms with Crippen molar-refractivity contribution in [1.82, 2.24) is 4.98 Å². The monoisotopic (exact) mass is 240 g/mol. The van der Waals surface area contributed by atoms with Crippen molar-refractivity contribution in [3.05, 3.63) is 23.0 Å². The van der Waals surface area contributed by atoms with Crippen molar-refractivity contribution >= 4 is 35.7 Å². The number of halogens is 1. The molecule has 2 N–H and O–H groups in total. The van der Waals surface area contributed by atoms with E-state index in [-0.39, 0.29) is 6.10 Å². The Bertz CT molecular complexity index is 386. The van der Waals surface area contributed by atoms with Crippen molar-refractivity contribution in [3.8, 4) is 0 Å². The Kier molecular flexibility index (Phi) is 3.21. The average molecular weight is 241 g/mol. The molecule has 1 unspecified atom stereocenters. The fraction of sp³-hybridized carbons (Fsp3) is 0.444. The summed E-state index contributed by atoms with van der Waals surface area (Å²) in [6.45, 7) is 0. The van der Waals surface area contributed by atoms with Crippen LogP contribution in [0.5, 0.6) is 0 Å². The zero-order valence-corrected chi connectivity index (χ0v) is 9.59. The van der Waals surface area contributed by atoms with Crippen molar-refractivity contribution in [2.24, 2.45) is 5.92 Å². The van der Waals surface area contributed by atoms with E-state index in [0.29, 0.717) is 16.6 Å². The Hall–Kier alpha value is -0.675. The molecule has 0 amide bonds. The third-order valence-electron chi connectivity index (χ3n) is 2.41. The fourth-order valence-electron chi connectivity index (χ4n) is 1.53. The molecule has 2 rings (SSSR count). The van der Waals surface area contributed by atoms with Gasteiger partial charge in [0.1, 0.15) is 0 Å². The van der Waals surface area contributed by atoms with Crippen molar-refractivity contribution in [1.29, 1.82) is 0 Å². The van der Waals surface area contributed by atoms with Crippen molar-refractivity contribution in [3.63, 3.8) is 0 Å². The van der Waals surface area contributed by atoms with Gasteiger partial charge in [-0.05, 0) is 0 Å². The topological polar surface area (TPSA) is 48.1 Å². The average Bonchev–Trinajstić information content (AvgIpc) is 2.98. The minimum absolute atomic E-state index is 0.115. The molecule has 1 aliphatic carbocycles. The summed E-state index contributed by atoms with van der Waals surface area (Å²) >= 11 is 10.8. The zero-order chi connectivity index (χ0) is 10.8. The molecular formula is C9H10BClN2OS. The van der Waals surface area contributed by atoms with Crippen LogP contribution in [0, 0.1) is 5.92 Å². The fourth-order valence-corrected chi connectivity index (χ4v) is 1.93. The number of hydrogen-bond acceptors (Lipinski definition) is 4. The molecule has 1 saturated carbocycles. The van der Waals surface area contributed by atoms with Gasteiger partial charge in [0.25, 0.3) is 0 Å². The summed E-state index contributed by atoms with van der Waals surface area (Å²) < 4.78 is 5.37. The van der Waals surface area contributed by atoms with Crippen LogP contribution in [0.4, 0.5) is 5.69 Å². The summed E-state index contributed by atoms with van der Waals surface area (Å²) in [5.74, 6) is 0.484. The Labute approximate surface area is 99.1 Å². The van der Waals surface area contributed by atoms with Gasteiger partial charge < -0.3 is 0 Å². The van der Waals surface area contributed by atoms with E-state index in [1.807, 2.05) is 0 Å². The Morgan fingerprint density at radius 2 is 2.40 bits per heavy atom. The van der Waals surface area contributed by atoms with E-state index >= 15 is 0 Å². The van der Waals surface area contributed by atoms with Gasteiger partial charge in [-0.1, -0.05) is 0 Å². The van der Waals surface area contributed by atoms with Gasteiger partial charge in [-0.15, -0.1) is 0 Å². The number of nitrogen functional groups attached to an aromatic ring is 1. The second kappa shape index (κ2) is 4.45. The van der Waals surface area contributed by atoms with Crippen molar-refractivity contribution in [2.45, 2.75) is 18.9 Å². The van der Waals surface area contributed by atoms with Crippen LogP contribution in [0.2, 0.25) is 5.02 Å². The third-order valence-corrected chi connectivity index (χ3v) is 2.83. The molecule has 0 aliphatic heterocycles.